The Balaban J connectivity index is 3.04. The molecular weight excluding hydrogens is 136 g/mol. The van der Waals surface area contributed by atoms with E-state index in [1.807, 2.05) is 0 Å². The second-order valence-corrected chi connectivity index (χ2v) is 2.38. The van der Waals surface area contributed by atoms with E-state index in [1.165, 1.54) is 0 Å². The molecule has 0 bridgehead atoms. The van der Waals surface area contributed by atoms with Gasteiger partial charge in [0.1, 0.15) is 0 Å². The molecule has 11 heavy (non-hydrogen) atoms. The molecule has 1 aliphatic rings. The van der Waals surface area contributed by atoms with E-state index in [9.17, 15) is 0 Å². The number of hydrogen-bond acceptors (Lipinski definition) is 2. The summed E-state index contributed by atoms with van der Waals surface area (Å²) in [5.74, 6) is 0. The quantitative estimate of drug-likeness (QED) is 0.591. The van der Waals surface area contributed by atoms with E-state index in [2.05, 4.69) is 30.2 Å². The summed E-state index contributed by atoms with van der Waals surface area (Å²) in [6, 6.07) is 0. The number of aliphatic imine (C=N–C) groups is 1. The van der Waals surface area contributed by atoms with Gasteiger partial charge >= 0.3 is 0 Å². The lowest BCUT2D eigenvalue weighted by molar-refractivity contribution is 0.749. The smallest absolute Gasteiger partial charge is 0.0506 e. The molecule has 0 aromatic carbocycles. The van der Waals surface area contributed by atoms with Crippen molar-refractivity contribution < 1.29 is 0 Å². The number of nitrogens with zero attached hydrogens (tertiary/aromatic N) is 1. The van der Waals surface area contributed by atoms with Crippen LogP contribution in [0, 0.1) is 0 Å². The highest BCUT2D eigenvalue weighted by Crippen LogP contribution is 2.20. The molecule has 1 N–H and O–H groups in total. The summed E-state index contributed by atoms with van der Waals surface area (Å²) >= 11 is 0. The van der Waals surface area contributed by atoms with Gasteiger partial charge in [-0.1, -0.05) is 19.2 Å². The third-order valence-electron chi connectivity index (χ3n) is 1.73. The van der Waals surface area contributed by atoms with Gasteiger partial charge in [-0.3, -0.25) is 4.99 Å². The highest BCUT2D eigenvalue weighted by Gasteiger charge is 2.10. The molecule has 0 aliphatic carbocycles. The van der Waals surface area contributed by atoms with Crippen molar-refractivity contribution in [1.29, 1.82) is 0 Å². The number of rotatable bonds is 2. The van der Waals surface area contributed by atoms with Crippen LogP contribution in [0.5, 0.6) is 0 Å². The van der Waals surface area contributed by atoms with Crippen molar-refractivity contribution in [3.63, 3.8) is 0 Å². The topological polar surface area (TPSA) is 24.4 Å². The van der Waals surface area contributed by atoms with Crippen LogP contribution >= 0.6 is 0 Å². The molecule has 1 rings (SSSR count). The first-order valence-corrected chi connectivity index (χ1v) is 3.55. The van der Waals surface area contributed by atoms with E-state index >= 15 is 0 Å². The number of hydrogen-bond donors (Lipinski definition) is 1. The van der Waals surface area contributed by atoms with Gasteiger partial charge in [-0.2, -0.15) is 0 Å². The van der Waals surface area contributed by atoms with Crippen molar-refractivity contribution in [2.24, 2.45) is 4.99 Å². The fourth-order valence-electron chi connectivity index (χ4n) is 1.14. The molecular formula is C9H12N2. The lowest BCUT2D eigenvalue weighted by Gasteiger charge is -2.18. The Labute approximate surface area is 67.0 Å². The van der Waals surface area contributed by atoms with Gasteiger partial charge in [-0.05, 0) is 6.72 Å². The fraction of sp³-hybridized carbons (Fsp3) is 0.222. The molecule has 2 nitrogen and oxygen atoms in total. The Morgan fingerprint density at radius 3 is 2.73 bits per heavy atom. The van der Waals surface area contributed by atoms with Gasteiger partial charge in [-0.25, -0.2) is 0 Å². The average molecular weight is 148 g/mol. The van der Waals surface area contributed by atoms with Crippen LogP contribution in [-0.2, 0) is 0 Å². The summed E-state index contributed by atoms with van der Waals surface area (Å²) in [6.45, 7) is 11.9. The van der Waals surface area contributed by atoms with Crippen LogP contribution < -0.4 is 5.32 Å². The van der Waals surface area contributed by atoms with Crippen LogP contribution in [0.4, 0.5) is 0 Å². The summed E-state index contributed by atoms with van der Waals surface area (Å²) < 4.78 is 0. The van der Waals surface area contributed by atoms with Gasteiger partial charge in [0.15, 0.2) is 0 Å². The zero-order chi connectivity index (χ0) is 8.27. The van der Waals surface area contributed by atoms with Crippen molar-refractivity contribution in [1.82, 2.24) is 5.32 Å². The van der Waals surface area contributed by atoms with Crippen molar-refractivity contribution in [2.45, 2.75) is 6.42 Å². The zero-order valence-electron chi connectivity index (χ0n) is 6.56. The molecule has 1 aliphatic heterocycles. The molecule has 0 spiro atoms. The van der Waals surface area contributed by atoms with Crippen LogP contribution in [0.3, 0.4) is 0 Å². The summed E-state index contributed by atoms with van der Waals surface area (Å²) in [7, 11) is 0. The highest BCUT2D eigenvalue weighted by atomic mass is 14.9. The van der Waals surface area contributed by atoms with Crippen molar-refractivity contribution in [2.75, 3.05) is 6.54 Å². The lowest BCUT2D eigenvalue weighted by atomic mass is 10.1. The van der Waals surface area contributed by atoms with E-state index < -0.39 is 0 Å². The predicted octanol–water partition coefficient (Wildman–Crippen LogP) is 1.63. The van der Waals surface area contributed by atoms with E-state index in [4.69, 9.17) is 0 Å². The molecule has 58 valence electrons. The number of nitrogens with one attached hydrogen (secondary N) is 1. The molecule has 0 unspecified atom stereocenters. The first-order valence-electron chi connectivity index (χ1n) is 3.55. The lowest BCUT2D eigenvalue weighted by Crippen LogP contribution is -2.21. The van der Waals surface area contributed by atoms with Crippen LogP contribution in [0.25, 0.3) is 0 Å². The van der Waals surface area contributed by atoms with Crippen molar-refractivity contribution in [3.8, 4) is 0 Å². The SMILES string of the molecule is C=CC1=C(N=C)CCNC1=C. The van der Waals surface area contributed by atoms with E-state index in [1.54, 1.807) is 6.08 Å². The Morgan fingerprint density at radius 1 is 1.55 bits per heavy atom. The van der Waals surface area contributed by atoms with Gasteiger partial charge in [0.05, 0.1) is 5.70 Å². The third kappa shape index (κ3) is 1.40. The number of allylic oxidation sites excluding steroid dienone is 1. The summed E-state index contributed by atoms with van der Waals surface area (Å²) in [4.78, 5) is 3.91. The van der Waals surface area contributed by atoms with Crippen molar-refractivity contribution in [3.05, 3.63) is 36.2 Å². The summed E-state index contributed by atoms with van der Waals surface area (Å²) in [5, 5.41) is 3.14. The van der Waals surface area contributed by atoms with Crippen LogP contribution in [0.15, 0.2) is 41.2 Å². The van der Waals surface area contributed by atoms with Crippen LogP contribution in [0.2, 0.25) is 0 Å². The molecule has 0 aromatic rings. The molecule has 0 radical (unpaired) electrons. The van der Waals surface area contributed by atoms with Gasteiger partial charge in [0, 0.05) is 24.2 Å². The highest BCUT2D eigenvalue weighted by molar-refractivity contribution is 5.44. The van der Waals surface area contributed by atoms with E-state index in [-0.39, 0.29) is 0 Å². The third-order valence-corrected chi connectivity index (χ3v) is 1.73. The maximum atomic E-state index is 3.91. The Morgan fingerprint density at radius 2 is 2.27 bits per heavy atom. The summed E-state index contributed by atoms with van der Waals surface area (Å²) in [5.41, 5.74) is 2.88. The molecule has 0 aromatic heterocycles. The first-order chi connectivity index (χ1) is 5.29. The minimum Gasteiger partial charge on any atom is -0.385 e. The molecule has 0 atom stereocenters. The standard InChI is InChI=1S/C9H12N2/c1-4-8-7(2)11-6-5-9(8)10-3/h4,11H,1-3,5-6H2. The molecule has 0 fully saturated rings. The Bertz CT molecular complexity index is 236. The maximum absolute atomic E-state index is 3.91. The molecule has 0 saturated carbocycles. The normalized spacial score (nSPS) is 17.6. The Kier molecular flexibility index (Phi) is 2.26. The molecule has 1 heterocycles. The second kappa shape index (κ2) is 3.19. The zero-order valence-corrected chi connectivity index (χ0v) is 6.56. The van der Waals surface area contributed by atoms with Gasteiger partial charge in [0.2, 0.25) is 0 Å². The van der Waals surface area contributed by atoms with Gasteiger partial charge < -0.3 is 5.32 Å². The minimum atomic E-state index is 0.893. The van der Waals surface area contributed by atoms with Gasteiger partial charge in [0.25, 0.3) is 0 Å². The second-order valence-electron chi connectivity index (χ2n) is 2.38. The maximum Gasteiger partial charge on any atom is 0.0506 e. The molecule has 0 amide bonds. The monoisotopic (exact) mass is 148 g/mol. The van der Waals surface area contributed by atoms with Crippen molar-refractivity contribution >= 4 is 6.72 Å². The Hall–Kier alpha value is -1.31. The van der Waals surface area contributed by atoms with Crippen LogP contribution in [-0.4, -0.2) is 13.3 Å². The van der Waals surface area contributed by atoms with E-state index in [0.717, 1.165) is 29.9 Å². The molecule has 0 saturated heterocycles. The first kappa shape index (κ1) is 7.79. The summed E-state index contributed by atoms with van der Waals surface area (Å²) in [6.07, 6.45) is 2.67. The van der Waals surface area contributed by atoms with Crippen LogP contribution in [0.1, 0.15) is 6.42 Å². The minimum absolute atomic E-state index is 0.893. The fourth-order valence-corrected chi connectivity index (χ4v) is 1.14. The largest absolute Gasteiger partial charge is 0.385 e. The predicted molar refractivity (Wildman–Crippen MR) is 48.5 cm³/mol. The average Bonchev–Trinajstić information content (AvgIpc) is 2.04. The van der Waals surface area contributed by atoms with E-state index in [0.29, 0.717) is 0 Å². The molecule has 2 heteroatoms. The van der Waals surface area contributed by atoms with Gasteiger partial charge in [-0.15, -0.1) is 0 Å².